The molecule has 1 amide bonds. The number of aliphatic hydroxyl groups is 1. The highest BCUT2D eigenvalue weighted by Crippen LogP contribution is 2.21. The Morgan fingerprint density at radius 1 is 1.50 bits per heavy atom. The third-order valence-corrected chi connectivity index (χ3v) is 2.69. The summed E-state index contributed by atoms with van der Waals surface area (Å²) < 4.78 is 0. The molecule has 0 radical (unpaired) electrons. The van der Waals surface area contributed by atoms with Gasteiger partial charge < -0.3 is 20.8 Å². The first-order valence-electron chi connectivity index (χ1n) is 6.18. The quantitative estimate of drug-likeness (QED) is 0.353. The predicted octanol–water partition coefficient (Wildman–Crippen LogP) is 1.10. The number of hydrogen-bond donors (Lipinski definition) is 4. The minimum Gasteiger partial charge on any atom is -0.506 e. The first-order chi connectivity index (χ1) is 9.62. The fourth-order valence-electron chi connectivity index (χ4n) is 1.42. The van der Waals surface area contributed by atoms with E-state index in [2.05, 4.69) is 10.6 Å². The van der Waals surface area contributed by atoms with Crippen LogP contribution in [0.5, 0.6) is 5.75 Å². The van der Waals surface area contributed by atoms with Crippen molar-refractivity contribution in [3.8, 4) is 11.8 Å². The van der Waals surface area contributed by atoms with Gasteiger partial charge in [0.1, 0.15) is 17.4 Å². The number of amides is 1. The number of aromatic hydroxyl groups is 1. The van der Waals surface area contributed by atoms with Gasteiger partial charge in [-0.05, 0) is 18.6 Å². The van der Waals surface area contributed by atoms with Crippen LogP contribution in [-0.4, -0.2) is 28.8 Å². The fraction of sp³-hybridized carbons (Fsp3) is 0.286. The first kappa shape index (κ1) is 15.5. The lowest BCUT2D eigenvalue weighted by molar-refractivity contribution is -0.112. The molecule has 6 heteroatoms. The zero-order valence-corrected chi connectivity index (χ0v) is 11.1. The molecule has 0 aliphatic heterocycles. The highest BCUT2D eigenvalue weighted by atomic mass is 16.3. The number of phenolic OH excluding ortho intramolecular Hbond substituents is 1. The number of carbonyl (C=O) groups is 1. The summed E-state index contributed by atoms with van der Waals surface area (Å²) in [5, 5.41) is 32.7. The van der Waals surface area contributed by atoms with E-state index in [-0.39, 0.29) is 29.7 Å². The molecule has 0 saturated heterocycles. The Bertz CT molecular complexity index is 531. The van der Waals surface area contributed by atoms with Crippen molar-refractivity contribution in [2.45, 2.75) is 19.4 Å². The van der Waals surface area contributed by atoms with Crippen LogP contribution in [0, 0.1) is 11.3 Å². The maximum atomic E-state index is 11.9. The summed E-state index contributed by atoms with van der Waals surface area (Å²) >= 11 is 0. The van der Waals surface area contributed by atoms with Crippen molar-refractivity contribution in [1.82, 2.24) is 5.32 Å². The molecule has 0 fully saturated rings. The number of anilines is 1. The average Bonchev–Trinajstić information content (AvgIpc) is 2.46. The molecule has 6 nitrogen and oxygen atoms in total. The van der Waals surface area contributed by atoms with Crippen molar-refractivity contribution in [3.05, 3.63) is 36.0 Å². The molecule has 1 rings (SSSR count). The van der Waals surface area contributed by atoms with E-state index in [4.69, 9.17) is 10.4 Å². The van der Waals surface area contributed by atoms with Crippen LogP contribution in [0.2, 0.25) is 0 Å². The molecule has 0 aliphatic rings. The monoisotopic (exact) mass is 275 g/mol. The van der Waals surface area contributed by atoms with Gasteiger partial charge in [0.05, 0.1) is 12.3 Å². The molecule has 0 aliphatic carbocycles. The average molecular weight is 275 g/mol. The Balaban J connectivity index is 2.76. The van der Waals surface area contributed by atoms with Crippen LogP contribution < -0.4 is 10.6 Å². The Hall–Kier alpha value is -2.52. The van der Waals surface area contributed by atoms with Crippen LogP contribution in [0.1, 0.15) is 13.3 Å². The molecular weight excluding hydrogens is 258 g/mol. The molecule has 4 N–H and O–H groups in total. The number of nitrogens with one attached hydrogen (secondary N) is 2. The van der Waals surface area contributed by atoms with Crippen LogP contribution in [0.4, 0.5) is 5.69 Å². The Labute approximate surface area is 117 Å². The molecule has 0 aromatic heterocycles. The second-order valence-electron chi connectivity index (χ2n) is 4.10. The van der Waals surface area contributed by atoms with E-state index in [1.54, 1.807) is 18.2 Å². The lowest BCUT2D eigenvalue weighted by Gasteiger charge is -2.12. The summed E-state index contributed by atoms with van der Waals surface area (Å²) in [6.07, 6.45) is 1.92. The van der Waals surface area contributed by atoms with E-state index in [1.165, 1.54) is 18.3 Å². The van der Waals surface area contributed by atoms with Crippen LogP contribution in [0.3, 0.4) is 0 Å². The molecule has 0 spiro atoms. The highest BCUT2D eigenvalue weighted by Gasteiger charge is 2.12. The van der Waals surface area contributed by atoms with E-state index in [0.29, 0.717) is 6.42 Å². The number of phenols is 1. The SMILES string of the molecule is CCC(CO)N/C=C(/C#N)C(=O)Nc1ccccc1O. The second kappa shape index (κ2) is 7.81. The van der Waals surface area contributed by atoms with Gasteiger partial charge in [-0.3, -0.25) is 4.79 Å². The van der Waals surface area contributed by atoms with E-state index in [9.17, 15) is 9.90 Å². The van der Waals surface area contributed by atoms with Gasteiger partial charge in [-0.2, -0.15) is 5.26 Å². The van der Waals surface area contributed by atoms with E-state index >= 15 is 0 Å². The second-order valence-corrected chi connectivity index (χ2v) is 4.10. The zero-order chi connectivity index (χ0) is 15.0. The van der Waals surface area contributed by atoms with Gasteiger partial charge in [-0.15, -0.1) is 0 Å². The lowest BCUT2D eigenvalue weighted by atomic mass is 10.2. The molecule has 0 bridgehead atoms. The summed E-state index contributed by atoms with van der Waals surface area (Å²) in [6, 6.07) is 7.80. The third-order valence-electron chi connectivity index (χ3n) is 2.69. The normalized spacial score (nSPS) is 12.3. The third kappa shape index (κ3) is 4.30. The number of nitrogens with zero attached hydrogens (tertiary/aromatic N) is 1. The topological polar surface area (TPSA) is 105 Å². The van der Waals surface area contributed by atoms with Crippen molar-refractivity contribution < 1.29 is 15.0 Å². The number of benzene rings is 1. The van der Waals surface area contributed by atoms with Crippen LogP contribution >= 0.6 is 0 Å². The van der Waals surface area contributed by atoms with Crippen LogP contribution in [0.25, 0.3) is 0 Å². The molecule has 0 heterocycles. The number of hydrogen-bond acceptors (Lipinski definition) is 5. The van der Waals surface area contributed by atoms with Crippen LogP contribution in [0.15, 0.2) is 36.0 Å². The van der Waals surface area contributed by atoms with E-state index in [1.807, 2.05) is 6.92 Å². The molecule has 106 valence electrons. The van der Waals surface area contributed by atoms with Gasteiger partial charge in [-0.25, -0.2) is 0 Å². The van der Waals surface area contributed by atoms with Crippen molar-refractivity contribution in [3.63, 3.8) is 0 Å². The van der Waals surface area contributed by atoms with Crippen molar-refractivity contribution in [1.29, 1.82) is 5.26 Å². The van der Waals surface area contributed by atoms with Gasteiger partial charge in [0.15, 0.2) is 0 Å². The van der Waals surface area contributed by atoms with Crippen molar-refractivity contribution in [2.24, 2.45) is 0 Å². The summed E-state index contributed by atoms with van der Waals surface area (Å²) in [7, 11) is 0. The molecule has 20 heavy (non-hydrogen) atoms. The predicted molar refractivity (Wildman–Crippen MR) is 74.7 cm³/mol. The first-order valence-corrected chi connectivity index (χ1v) is 6.18. The number of carbonyl (C=O) groups excluding carboxylic acids is 1. The lowest BCUT2D eigenvalue weighted by Crippen LogP contribution is -2.28. The Morgan fingerprint density at radius 2 is 2.20 bits per heavy atom. The molecule has 1 aromatic rings. The number of para-hydroxylation sites is 2. The fourth-order valence-corrected chi connectivity index (χ4v) is 1.42. The molecule has 0 saturated carbocycles. The minimum atomic E-state index is -0.630. The van der Waals surface area contributed by atoms with Gasteiger partial charge in [-0.1, -0.05) is 19.1 Å². The van der Waals surface area contributed by atoms with Crippen molar-refractivity contribution >= 4 is 11.6 Å². The number of nitriles is 1. The number of rotatable bonds is 6. The van der Waals surface area contributed by atoms with E-state index in [0.717, 1.165) is 0 Å². The summed E-state index contributed by atoms with van der Waals surface area (Å²) in [6.45, 7) is 1.78. The van der Waals surface area contributed by atoms with Gasteiger partial charge in [0.2, 0.25) is 0 Å². The highest BCUT2D eigenvalue weighted by molar-refractivity contribution is 6.07. The maximum Gasteiger partial charge on any atom is 0.267 e. The maximum absolute atomic E-state index is 11.9. The molecule has 1 aromatic carbocycles. The van der Waals surface area contributed by atoms with Gasteiger partial charge in [0.25, 0.3) is 5.91 Å². The summed E-state index contributed by atoms with van der Waals surface area (Å²) in [5.74, 6) is -0.706. The van der Waals surface area contributed by atoms with E-state index < -0.39 is 5.91 Å². The van der Waals surface area contributed by atoms with Crippen molar-refractivity contribution in [2.75, 3.05) is 11.9 Å². The van der Waals surface area contributed by atoms with Crippen LogP contribution in [-0.2, 0) is 4.79 Å². The zero-order valence-electron chi connectivity index (χ0n) is 11.1. The van der Waals surface area contributed by atoms with Gasteiger partial charge >= 0.3 is 0 Å². The number of aliphatic hydroxyl groups excluding tert-OH is 1. The molecular formula is C14H17N3O3. The summed E-state index contributed by atoms with van der Waals surface area (Å²) in [5.41, 5.74) is 0.0907. The Morgan fingerprint density at radius 3 is 2.75 bits per heavy atom. The smallest absolute Gasteiger partial charge is 0.267 e. The molecule has 1 atom stereocenters. The standard InChI is InChI=1S/C14H17N3O3/c1-2-11(9-18)16-8-10(7-15)14(20)17-12-5-3-4-6-13(12)19/h3-6,8,11,16,18-19H,2,9H2,1H3,(H,17,20)/b10-8-. The Kier molecular flexibility index (Phi) is 6.07. The largest absolute Gasteiger partial charge is 0.506 e. The minimum absolute atomic E-state index is 0.0760. The van der Waals surface area contributed by atoms with Gasteiger partial charge in [0, 0.05) is 12.2 Å². The summed E-state index contributed by atoms with van der Waals surface area (Å²) in [4.78, 5) is 11.9. The molecule has 1 unspecified atom stereocenters.